The van der Waals surface area contributed by atoms with Gasteiger partial charge in [-0.25, -0.2) is 0 Å². The summed E-state index contributed by atoms with van der Waals surface area (Å²) in [5, 5.41) is 7.73. The molecule has 2 aromatic rings. The van der Waals surface area contributed by atoms with Gasteiger partial charge in [0.25, 0.3) is 0 Å². The predicted molar refractivity (Wildman–Crippen MR) is 59.5 cm³/mol. The molecule has 0 amide bonds. The van der Waals surface area contributed by atoms with Gasteiger partial charge in [-0.15, -0.1) is 0 Å². The van der Waals surface area contributed by atoms with Crippen LogP contribution in [-0.4, -0.2) is 11.1 Å². The van der Waals surface area contributed by atoms with Crippen LogP contribution in [-0.2, 0) is 13.1 Å². The van der Waals surface area contributed by atoms with Crippen LogP contribution in [0.25, 0.3) is 11.3 Å². The standard InChI is InChI=1S/C11H12N2S/c1-2-11(9-3-6-14-8-9)13-5-4-12-7-10(1)13/h1-3,6,8,12H,4-5,7H2. The number of aromatic nitrogens is 1. The van der Waals surface area contributed by atoms with Gasteiger partial charge in [0.05, 0.1) is 0 Å². The normalized spacial score (nSPS) is 15.4. The van der Waals surface area contributed by atoms with E-state index in [0.717, 1.165) is 19.6 Å². The Morgan fingerprint density at radius 3 is 3.14 bits per heavy atom. The van der Waals surface area contributed by atoms with E-state index < -0.39 is 0 Å². The molecule has 0 saturated carbocycles. The second-order valence-electron chi connectivity index (χ2n) is 3.55. The Morgan fingerprint density at radius 1 is 1.29 bits per heavy atom. The molecule has 0 radical (unpaired) electrons. The van der Waals surface area contributed by atoms with Crippen molar-refractivity contribution in [1.82, 2.24) is 9.88 Å². The van der Waals surface area contributed by atoms with Crippen molar-refractivity contribution in [3.63, 3.8) is 0 Å². The fourth-order valence-corrected chi connectivity index (χ4v) is 2.65. The molecule has 2 nitrogen and oxygen atoms in total. The Bertz CT molecular complexity index is 428. The molecule has 3 rings (SSSR count). The zero-order valence-corrected chi connectivity index (χ0v) is 8.68. The third-order valence-corrected chi connectivity index (χ3v) is 3.39. The van der Waals surface area contributed by atoms with E-state index in [1.165, 1.54) is 17.0 Å². The Hall–Kier alpha value is -1.06. The number of nitrogens with one attached hydrogen (secondary N) is 1. The van der Waals surface area contributed by atoms with E-state index in [0.29, 0.717) is 0 Å². The van der Waals surface area contributed by atoms with Gasteiger partial charge in [0, 0.05) is 42.0 Å². The summed E-state index contributed by atoms with van der Waals surface area (Å²) >= 11 is 1.76. The van der Waals surface area contributed by atoms with Crippen LogP contribution >= 0.6 is 11.3 Å². The summed E-state index contributed by atoms with van der Waals surface area (Å²) in [6, 6.07) is 6.64. The maximum Gasteiger partial charge on any atom is 0.0491 e. The molecule has 0 atom stereocenters. The van der Waals surface area contributed by atoms with Crippen LogP contribution in [0.3, 0.4) is 0 Å². The number of nitrogens with zero attached hydrogens (tertiary/aromatic N) is 1. The lowest BCUT2D eigenvalue weighted by Crippen LogP contribution is -2.27. The maximum atomic E-state index is 3.38. The van der Waals surface area contributed by atoms with E-state index in [9.17, 15) is 0 Å². The lowest BCUT2D eigenvalue weighted by atomic mass is 10.2. The fourth-order valence-electron chi connectivity index (χ4n) is 2.00. The average molecular weight is 204 g/mol. The minimum absolute atomic E-state index is 1.00. The second-order valence-corrected chi connectivity index (χ2v) is 4.33. The summed E-state index contributed by atoms with van der Waals surface area (Å²) < 4.78 is 2.42. The highest BCUT2D eigenvalue weighted by Crippen LogP contribution is 2.25. The first-order chi connectivity index (χ1) is 6.95. The molecule has 1 aliphatic rings. The van der Waals surface area contributed by atoms with E-state index in [1.54, 1.807) is 11.3 Å². The highest BCUT2D eigenvalue weighted by Gasteiger charge is 2.12. The summed E-state index contributed by atoms with van der Waals surface area (Å²) in [6.45, 7) is 3.18. The molecular formula is C11H12N2S. The van der Waals surface area contributed by atoms with Gasteiger partial charge in [-0.2, -0.15) is 11.3 Å². The van der Waals surface area contributed by atoms with Gasteiger partial charge in [-0.05, 0) is 23.6 Å². The van der Waals surface area contributed by atoms with E-state index in [4.69, 9.17) is 0 Å². The second kappa shape index (κ2) is 3.26. The molecular weight excluding hydrogens is 192 g/mol. The van der Waals surface area contributed by atoms with Gasteiger partial charge in [-0.3, -0.25) is 0 Å². The first-order valence-corrected chi connectivity index (χ1v) is 5.81. The van der Waals surface area contributed by atoms with Crippen molar-refractivity contribution in [3.8, 4) is 11.3 Å². The van der Waals surface area contributed by atoms with Crippen LogP contribution < -0.4 is 5.32 Å². The highest BCUT2D eigenvalue weighted by molar-refractivity contribution is 7.08. The molecule has 1 aliphatic heterocycles. The summed E-state index contributed by atoms with van der Waals surface area (Å²) in [6.07, 6.45) is 0. The van der Waals surface area contributed by atoms with Crippen LogP contribution in [0.5, 0.6) is 0 Å². The lowest BCUT2D eigenvalue weighted by molar-refractivity contribution is 0.520. The summed E-state index contributed by atoms with van der Waals surface area (Å²) in [7, 11) is 0. The molecule has 0 spiro atoms. The van der Waals surface area contributed by atoms with Crippen molar-refractivity contribution >= 4 is 11.3 Å². The van der Waals surface area contributed by atoms with Gasteiger partial charge in [0.1, 0.15) is 0 Å². The van der Waals surface area contributed by atoms with Crippen molar-refractivity contribution in [3.05, 3.63) is 34.7 Å². The van der Waals surface area contributed by atoms with Crippen LogP contribution in [0, 0.1) is 0 Å². The Balaban J connectivity index is 2.11. The molecule has 3 heteroatoms. The zero-order chi connectivity index (χ0) is 9.38. The van der Waals surface area contributed by atoms with Crippen molar-refractivity contribution in [2.75, 3.05) is 6.54 Å². The van der Waals surface area contributed by atoms with Crippen molar-refractivity contribution < 1.29 is 0 Å². The zero-order valence-electron chi connectivity index (χ0n) is 7.86. The molecule has 3 heterocycles. The topological polar surface area (TPSA) is 17.0 Å². The number of rotatable bonds is 1. The molecule has 0 fully saturated rings. The first kappa shape index (κ1) is 8.26. The fraction of sp³-hybridized carbons (Fsp3) is 0.273. The van der Waals surface area contributed by atoms with Gasteiger partial charge in [-0.1, -0.05) is 0 Å². The first-order valence-electron chi connectivity index (χ1n) is 4.87. The Kier molecular flexibility index (Phi) is 1.92. The van der Waals surface area contributed by atoms with Gasteiger partial charge in [0.2, 0.25) is 0 Å². The van der Waals surface area contributed by atoms with Crippen LogP contribution in [0.1, 0.15) is 5.69 Å². The monoisotopic (exact) mass is 204 g/mol. The molecule has 0 aliphatic carbocycles. The van der Waals surface area contributed by atoms with Crippen molar-refractivity contribution in [2.45, 2.75) is 13.1 Å². The molecule has 0 bridgehead atoms. The van der Waals surface area contributed by atoms with E-state index in [2.05, 4.69) is 38.8 Å². The maximum absolute atomic E-state index is 3.38. The molecule has 72 valence electrons. The Morgan fingerprint density at radius 2 is 2.29 bits per heavy atom. The SMILES string of the molecule is c1cc(-c2ccc3n2CCNC3)cs1. The predicted octanol–water partition coefficient (Wildman–Crippen LogP) is 2.32. The molecule has 14 heavy (non-hydrogen) atoms. The van der Waals surface area contributed by atoms with Gasteiger partial charge in [0.15, 0.2) is 0 Å². The lowest BCUT2D eigenvalue weighted by Gasteiger charge is -2.18. The minimum Gasteiger partial charge on any atom is -0.342 e. The molecule has 0 aromatic carbocycles. The van der Waals surface area contributed by atoms with Crippen LogP contribution in [0.4, 0.5) is 0 Å². The summed E-state index contributed by atoms with van der Waals surface area (Å²) in [4.78, 5) is 0. The van der Waals surface area contributed by atoms with Crippen molar-refractivity contribution in [2.24, 2.45) is 0 Å². The number of hydrogen-bond acceptors (Lipinski definition) is 2. The molecule has 0 unspecified atom stereocenters. The molecule has 2 aromatic heterocycles. The minimum atomic E-state index is 1.00. The average Bonchev–Trinajstić information content (AvgIpc) is 2.85. The van der Waals surface area contributed by atoms with Crippen molar-refractivity contribution in [1.29, 1.82) is 0 Å². The van der Waals surface area contributed by atoms with E-state index in [1.807, 2.05) is 0 Å². The molecule has 0 saturated heterocycles. The Labute approximate surface area is 87.2 Å². The van der Waals surface area contributed by atoms with Gasteiger partial charge < -0.3 is 9.88 Å². The van der Waals surface area contributed by atoms with E-state index >= 15 is 0 Å². The number of thiophene rings is 1. The summed E-state index contributed by atoms with van der Waals surface area (Å²) in [5.74, 6) is 0. The smallest absolute Gasteiger partial charge is 0.0491 e. The van der Waals surface area contributed by atoms with Gasteiger partial charge >= 0.3 is 0 Å². The third-order valence-electron chi connectivity index (χ3n) is 2.71. The third kappa shape index (κ3) is 1.21. The summed E-state index contributed by atoms with van der Waals surface area (Å²) in [5.41, 5.74) is 4.11. The number of hydrogen-bond donors (Lipinski definition) is 1. The highest BCUT2D eigenvalue weighted by atomic mass is 32.1. The molecule has 1 N–H and O–H groups in total. The largest absolute Gasteiger partial charge is 0.342 e. The quantitative estimate of drug-likeness (QED) is 0.754. The van der Waals surface area contributed by atoms with Crippen LogP contribution in [0.2, 0.25) is 0 Å². The van der Waals surface area contributed by atoms with Crippen LogP contribution in [0.15, 0.2) is 29.0 Å². The number of fused-ring (bicyclic) bond motifs is 1. The van der Waals surface area contributed by atoms with E-state index in [-0.39, 0.29) is 0 Å².